The Morgan fingerprint density at radius 2 is 2.12 bits per heavy atom. The number of terminal acetylenes is 1. The number of hydrogen-bond acceptors (Lipinski definition) is 6. The molecule has 25 heavy (non-hydrogen) atoms. The second-order valence-electron chi connectivity index (χ2n) is 4.85. The largest absolute Gasteiger partial charge is 0.493 e. The number of methoxy groups -OCH3 is 2. The van der Waals surface area contributed by atoms with Gasteiger partial charge in [-0.1, -0.05) is 5.92 Å². The van der Waals surface area contributed by atoms with E-state index in [1.807, 2.05) is 6.07 Å². The zero-order valence-corrected chi connectivity index (χ0v) is 16.7. The topological polar surface area (TPSA) is 65.1 Å². The van der Waals surface area contributed by atoms with Gasteiger partial charge in [-0.2, -0.15) is 0 Å². The van der Waals surface area contributed by atoms with Gasteiger partial charge in [0.1, 0.15) is 6.61 Å². The molecule has 0 aliphatic carbocycles. The van der Waals surface area contributed by atoms with Crippen LogP contribution in [0.15, 0.2) is 17.0 Å². The van der Waals surface area contributed by atoms with Crippen molar-refractivity contribution >= 4 is 51.6 Å². The molecule has 1 aromatic carbocycles. The van der Waals surface area contributed by atoms with Gasteiger partial charge >= 0.3 is 0 Å². The first-order valence-corrected chi connectivity index (χ1v) is 9.09. The fourth-order valence-electron chi connectivity index (χ4n) is 2.10. The van der Waals surface area contributed by atoms with E-state index in [4.69, 9.17) is 20.6 Å². The molecular formula is C17H16INO5S. The van der Waals surface area contributed by atoms with E-state index in [-0.39, 0.29) is 24.3 Å². The molecule has 0 N–H and O–H groups in total. The van der Waals surface area contributed by atoms with Crippen LogP contribution in [0.3, 0.4) is 0 Å². The number of thioether (sulfide) groups is 1. The standard InChI is InChI=1S/C17H16INO5S/c1-4-6-24-15-12(18)8-11(9-13(15)23-3)10-14-16(20)19(5-7-22-2)17(21)25-14/h1,8-10H,5-7H2,2-3H3/b14-10+. The predicted molar refractivity (Wildman–Crippen MR) is 105 cm³/mol. The molecule has 8 heteroatoms. The molecule has 0 spiro atoms. The normalized spacial score (nSPS) is 15.6. The van der Waals surface area contributed by atoms with Crippen LogP contribution in [-0.4, -0.2) is 50.0 Å². The van der Waals surface area contributed by atoms with E-state index >= 15 is 0 Å². The monoisotopic (exact) mass is 473 g/mol. The zero-order valence-electron chi connectivity index (χ0n) is 13.7. The van der Waals surface area contributed by atoms with Gasteiger partial charge in [0, 0.05) is 7.11 Å². The van der Waals surface area contributed by atoms with E-state index in [1.54, 1.807) is 12.1 Å². The molecule has 1 aliphatic heterocycles. The first-order chi connectivity index (χ1) is 12.0. The maximum Gasteiger partial charge on any atom is 0.293 e. The number of amides is 2. The zero-order chi connectivity index (χ0) is 18.4. The van der Waals surface area contributed by atoms with Gasteiger partial charge in [-0.25, -0.2) is 0 Å². The minimum Gasteiger partial charge on any atom is -0.493 e. The third-order valence-electron chi connectivity index (χ3n) is 3.24. The Labute approximate surface area is 164 Å². The first-order valence-electron chi connectivity index (χ1n) is 7.20. The lowest BCUT2D eigenvalue weighted by atomic mass is 10.2. The van der Waals surface area contributed by atoms with Crippen LogP contribution < -0.4 is 9.47 Å². The number of nitrogens with zero attached hydrogens (tertiary/aromatic N) is 1. The van der Waals surface area contributed by atoms with E-state index in [0.29, 0.717) is 23.0 Å². The van der Waals surface area contributed by atoms with Crippen molar-refractivity contribution in [2.24, 2.45) is 0 Å². The van der Waals surface area contributed by atoms with Gasteiger partial charge in [-0.15, -0.1) is 6.42 Å². The fourth-order valence-corrected chi connectivity index (χ4v) is 3.75. The number of rotatable bonds is 7. The van der Waals surface area contributed by atoms with Crippen molar-refractivity contribution in [2.75, 3.05) is 34.0 Å². The Hall–Kier alpha value is -1.70. The van der Waals surface area contributed by atoms with E-state index in [2.05, 4.69) is 28.5 Å². The van der Waals surface area contributed by atoms with Crippen LogP contribution in [-0.2, 0) is 9.53 Å². The number of carbonyl (C=O) groups excluding carboxylic acids is 2. The Morgan fingerprint density at radius 1 is 1.36 bits per heavy atom. The molecule has 0 saturated carbocycles. The van der Waals surface area contributed by atoms with Crippen LogP contribution in [0.4, 0.5) is 4.79 Å². The quantitative estimate of drug-likeness (QED) is 0.345. The lowest BCUT2D eigenvalue weighted by Gasteiger charge is -2.12. The molecule has 6 nitrogen and oxygen atoms in total. The number of carbonyl (C=O) groups is 2. The summed E-state index contributed by atoms with van der Waals surface area (Å²) in [4.78, 5) is 25.8. The molecular weight excluding hydrogens is 457 g/mol. The van der Waals surface area contributed by atoms with Crippen LogP contribution >= 0.6 is 34.4 Å². The molecule has 0 bridgehead atoms. The molecule has 0 aromatic heterocycles. The summed E-state index contributed by atoms with van der Waals surface area (Å²) in [5.41, 5.74) is 0.728. The van der Waals surface area contributed by atoms with Gasteiger partial charge in [-0.3, -0.25) is 14.5 Å². The van der Waals surface area contributed by atoms with Gasteiger partial charge in [0.2, 0.25) is 0 Å². The predicted octanol–water partition coefficient (Wildman–Crippen LogP) is 2.99. The summed E-state index contributed by atoms with van der Waals surface area (Å²) in [7, 11) is 3.05. The van der Waals surface area contributed by atoms with Crippen molar-refractivity contribution in [1.29, 1.82) is 0 Å². The lowest BCUT2D eigenvalue weighted by Crippen LogP contribution is -2.31. The van der Waals surface area contributed by atoms with Crippen molar-refractivity contribution in [2.45, 2.75) is 0 Å². The Morgan fingerprint density at radius 3 is 2.76 bits per heavy atom. The second-order valence-corrected chi connectivity index (χ2v) is 7.01. The summed E-state index contributed by atoms with van der Waals surface area (Å²) in [6.45, 7) is 0.667. The third-order valence-corrected chi connectivity index (χ3v) is 4.95. The highest BCUT2D eigenvalue weighted by atomic mass is 127. The number of imide groups is 1. The van der Waals surface area contributed by atoms with Gasteiger partial charge in [-0.05, 0) is 58.1 Å². The highest BCUT2D eigenvalue weighted by Crippen LogP contribution is 2.37. The van der Waals surface area contributed by atoms with Crippen LogP contribution in [0.5, 0.6) is 11.5 Å². The summed E-state index contributed by atoms with van der Waals surface area (Å²) in [5, 5.41) is -0.302. The molecule has 1 aromatic rings. The molecule has 0 radical (unpaired) electrons. The first kappa shape index (κ1) is 19.6. The summed E-state index contributed by atoms with van der Waals surface area (Å²) in [6.07, 6.45) is 6.88. The molecule has 1 heterocycles. The van der Waals surface area contributed by atoms with Crippen molar-refractivity contribution in [3.63, 3.8) is 0 Å². The molecule has 0 unspecified atom stereocenters. The van der Waals surface area contributed by atoms with Gasteiger partial charge in [0.25, 0.3) is 11.1 Å². The van der Waals surface area contributed by atoms with E-state index in [9.17, 15) is 9.59 Å². The smallest absolute Gasteiger partial charge is 0.293 e. The Balaban J connectivity index is 2.29. The van der Waals surface area contributed by atoms with Gasteiger partial charge < -0.3 is 14.2 Å². The molecule has 1 aliphatic rings. The number of hydrogen-bond donors (Lipinski definition) is 0. The molecule has 132 valence electrons. The van der Waals surface area contributed by atoms with Gasteiger partial charge in [0.05, 0.1) is 28.7 Å². The average molecular weight is 473 g/mol. The highest BCUT2D eigenvalue weighted by molar-refractivity contribution is 14.1. The summed E-state index contributed by atoms with van der Waals surface area (Å²) in [5.74, 6) is 3.13. The Kier molecular flexibility index (Phi) is 7.16. The van der Waals surface area contributed by atoms with Crippen LogP contribution in [0.2, 0.25) is 0 Å². The van der Waals surface area contributed by atoms with Crippen molar-refractivity contribution in [3.8, 4) is 23.8 Å². The van der Waals surface area contributed by atoms with Gasteiger partial charge in [0.15, 0.2) is 11.5 Å². The van der Waals surface area contributed by atoms with E-state index in [0.717, 1.165) is 20.9 Å². The maximum absolute atomic E-state index is 12.4. The Bertz CT molecular complexity index is 756. The molecule has 2 rings (SSSR count). The SMILES string of the molecule is C#CCOc1c(I)cc(/C=C2/SC(=O)N(CCOC)C2=O)cc1OC. The number of ether oxygens (including phenoxy) is 3. The average Bonchev–Trinajstić information content (AvgIpc) is 2.85. The highest BCUT2D eigenvalue weighted by Gasteiger charge is 2.34. The molecule has 0 atom stereocenters. The van der Waals surface area contributed by atoms with Crippen LogP contribution in [0.25, 0.3) is 6.08 Å². The molecule has 2 amide bonds. The second kappa shape index (κ2) is 9.12. The summed E-state index contributed by atoms with van der Waals surface area (Å²) >= 11 is 3.01. The van der Waals surface area contributed by atoms with Crippen LogP contribution in [0, 0.1) is 15.9 Å². The minimum absolute atomic E-state index is 0.129. The minimum atomic E-state index is -0.325. The fraction of sp³-hybridized carbons (Fsp3) is 0.294. The van der Waals surface area contributed by atoms with Crippen LogP contribution in [0.1, 0.15) is 5.56 Å². The van der Waals surface area contributed by atoms with Crippen molar-refractivity contribution < 1.29 is 23.8 Å². The molecule has 1 fully saturated rings. The lowest BCUT2D eigenvalue weighted by molar-refractivity contribution is -0.123. The summed E-state index contributed by atoms with van der Waals surface area (Å²) in [6, 6.07) is 3.56. The van der Waals surface area contributed by atoms with E-state index in [1.165, 1.54) is 19.1 Å². The van der Waals surface area contributed by atoms with E-state index < -0.39 is 0 Å². The number of benzene rings is 1. The van der Waals surface area contributed by atoms with Crippen molar-refractivity contribution in [3.05, 3.63) is 26.2 Å². The third kappa shape index (κ3) is 4.68. The maximum atomic E-state index is 12.4. The molecule has 1 saturated heterocycles. The van der Waals surface area contributed by atoms with Crippen molar-refractivity contribution in [1.82, 2.24) is 4.90 Å². The summed E-state index contributed by atoms with van der Waals surface area (Å²) < 4.78 is 16.5. The number of halogens is 1.